The minimum Gasteiger partial charge on any atom is -0.305 e. The fraction of sp³-hybridized carbons (Fsp3) is 0.500. The Kier molecular flexibility index (Phi) is 4.66. The molecule has 2 heterocycles. The van der Waals surface area contributed by atoms with Crippen molar-refractivity contribution in [3.05, 3.63) is 38.8 Å². The quantitative estimate of drug-likeness (QED) is 0.900. The molecule has 3 nitrogen and oxygen atoms in total. The highest BCUT2D eigenvalue weighted by molar-refractivity contribution is 7.16. The van der Waals surface area contributed by atoms with E-state index in [-0.39, 0.29) is 0 Å². The van der Waals surface area contributed by atoms with Gasteiger partial charge in [-0.05, 0) is 25.0 Å². The number of nitrogens with one attached hydrogen (secondary N) is 1. The third-order valence-electron chi connectivity index (χ3n) is 3.10. The summed E-state index contributed by atoms with van der Waals surface area (Å²) in [6, 6.07) is 4.33. The predicted octanol–water partition coefficient (Wildman–Crippen LogP) is 4.11. The van der Waals surface area contributed by atoms with Crippen molar-refractivity contribution in [3.8, 4) is 0 Å². The molecule has 0 aromatic carbocycles. The highest BCUT2D eigenvalue weighted by atomic mass is 35.5. The number of thiophene rings is 1. The standard InChI is InChI=1S/C14H20ClN3S/c1-9(2)14-11(8-18(4)17-14)7-16-10(3)12-5-6-13(15)19-12/h5-6,8-10,16H,7H2,1-4H3. The van der Waals surface area contributed by atoms with Gasteiger partial charge in [0.2, 0.25) is 0 Å². The van der Waals surface area contributed by atoms with Gasteiger partial charge in [0, 0.05) is 36.3 Å². The Balaban J connectivity index is 2.02. The molecule has 0 amide bonds. The predicted molar refractivity (Wildman–Crippen MR) is 81.9 cm³/mol. The fourth-order valence-corrected chi connectivity index (χ4v) is 3.19. The fourth-order valence-electron chi connectivity index (χ4n) is 2.10. The summed E-state index contributed by atoms with van der Waals surface area (Å²) in [6.45, 7) is 7.34. The zero-order valence-electron chi connectivity index (χ0n) is 11.8. The summed E-state index contributed by atoms with van der Waals surface area (Å²) in [5, 5.41) is 8.06. The van der Waals surface area contributed by atoms with E-state index in [9.17, 15) is 0 Å². The van der Waals surface area contributed by atoms with E-state index in [0.717, 1.165) is 10.9 Å². The molecule has 1 unspecified atom stereocenters. The lowest BCUT2D eigenvalue weighted by molar-refractivity contribution is 0.578. The van der Waals surface area contributed by atoms with Crippen molar-refractivity contribution >= 4 is 22.9 Å². The monoisotopic (exact) mass is 297 g/mol. The van der Waals surface area contributed by atoms with Crippen molar-refractivity contribution < 1.29 is 0 Å². The average molecular weight is 298 g/mol. The average Bonchev–Trinajstić information content (AvgIpc) is 2.92. The molecule has 5 heteroatoms. The second-order valence-corrected chi connectivity index (χ2v) is 6.86. The molecule has 0 aliphatic heterocycles. The Labute approximate surface area is 123 Å². The first-order chi connectivity index (χ1) is 8.97. The van der Waals surface area contributed by atoms with Gasteiger partial charge in [-0.15, -0.1) is 11.3 Å². The van der Waals surface area contributed by atoms with E-state index in [4.69, 9.17) is 11.6 Å². The zero-order chi connectivity index (χ0) is 14.0. The lowest BCUT2D eigenvalue weighted by Crippen LogP contribution is -2.17. The number of rotatable bonds is 5. The molecule has 0 radical (unpaired) electrons. The van der Waals surface area contributed by atoms with Gasteiger partial charge in [-0.1, -0.05) is 25.4 Å². The molecule has 0 aliphatic carbocycles. The van der Waals surface area contributed by atoms with E-state index < -0.39 is 0 Å². The Hall–Kier alpha value is -0.840. The van der Waals surface area contributed by atoms with Gasteiger partial charge in [0.25, 0.3) is 0 Å². The molecule has 1 atom stereocenters. The summed E-state index contributed by atoms with van der Waals surface area (Å²) in [6.07, 6.45) is 2.09. The molecule has 0 saturated heterocycles. The normalized spacial score (nSPS) is 13.2. The molecule has 0 spiro atoms. The van der Waals surface area contributed by atoms with Crippen LogP contribution in [0.4, 0.5) is 0 Å². The van der Waals surface area contributed by atoms with Crippen LogP contribution < -0.4 is 5.32 Å². The van der Waals surface area contributed by atoms with Gasteiger partial charge in [0.1, 0.15) is 0 Å². The van der Waals surface area contributed by atoms with Crippen LogP contribution in [0, 0.1) is 0 Å². The molecular formula is C14H20ClN3S. The van der Waals surface area contributed by atoms with Gasteiger partial charge in [-0.2, -0.15) is 5.10 Å². The van der Waals surface area contributed by atoms with Gasteiger partial charge in [0.15, 0.2) is 0 Å². The topological polar surface area (TPSA) is 29.9 Å². The van der Waals surface area contributed by atoms with Crippen molar-refractivity contribution in [2.24, 2.45) is 7.05 Å². The van der Waals surface area contributed by atoms with Crippen LogP contribution in [-0.2, 0) is 13.6 Å². The lowest BCUT2D eigenvalue weighted by Gasteiger charge is -2.12. The van der Waals surface area contributed by atoms with Crippen LogP contribution in [0.2, 0.25) is 4.34 Å². The van der Waals surface area contributed by atoms with Gasteiger partial charge in [-0.3, -0.25) is 4.68 Å². The molecule has 19 heavy (non-hydrogen) atoms. The maximum absolute atomic E-state index is 5.97. The molecular weight excluding hydrogens is 278 g/mol. The zero-order valence-corrected chi connectivity index (χ0v) is 13.3. The van der Waals surface area contributed by atoms with E-state index in [1.54, 1.807) is 11.3 Å². The summed E-state index contributed by atoms with van der Waals surface area (Å²) >= 11 is 7.60. The number of aryl methyl sites for hydroxylation is 1. The van der Waals surface area contributed by atoms with Gasteiger partial charge in [-0.25, -0.2) is 0 Å². The maximum Gasteiger partial charge on any atom is 0.0931 e. The van der Waals surface area contributed by atoms with E-state index in [1.165, 1.54) is 16.1 Å². The minimum atomic E-state index is 0.303. The summed E-state index contributed by atoms with van der Waals surface area (Å²) in [7, 11) is 1.97. The van der Waals surface area contributed by atoms with E-state index in [0.29, 0.717) is 12.0 Å². The first-order valence-corrected chi connectivity index (χ1v) is 7.68. The van der Waals surface area contributed by atoms with Crippen molar-refractivity contribution in [1.29, 1.82) is 0 Å². The first kappa shape index (κ1) is 14.6. The van der Waals surface area contributed by atoms with Crippen molar-refractivity contribution in [1.82, 2.24) is 15.1 Å². The second kappa shape index (κ2) is 6.07. The molecule has 0 saturated carbocycles. The smallest absolute Gasteiger partial charge is 0.0931 e. The highest BCUT2D eigenvalue weighted by Gasteiger charge is 2.13. The maximum atomic E-state index is 5.97. The summed E-state index contributed by atoms with van der Waals surface area (Å²) in [5.41, 5.74) is 2.44. The molecule has 1 N–H and O–H groups in total. The van der Waals surface area contributed by atoms with Crippen molar-refractivity contribution in [2.45, 2.75) is 39.3 Å². The molecule has 0 bridgehead atoms. The Morgan fingerprint density at radius 3 is 2.68 bits per heavy atom. The number of hydrogen-bond acceptors (Lipinski definition) is 3. The van der Waals surface area contributed by atoms with Gasteiger partial charge >= 0.3 is 0 Å². The van der Waals surface area contributed by atoms with E-state index >= 15 is 0 Å². The largest absolute Gasteiger partial charge is 0.305 e. The lowest BCUT2D eigenvalue weighted by atomic mass is 10.1. The third kappa shape index (κ3) is 3.59. The van der Waals surface area contributed by atoms with Crippen molar-refractivity contribution in [3.63, 3.8) is 0 Å². The minimum absolute atomic E-state index is 0.303. The highest BCUT2D eigenvalue weighted by Crippen LogP contribution is 2.27. The Morgan fingerprint density at radius 2 is 2.11 bits per heavy atom. The van der Waals surface area contributed by atoms with Crippen molar-refractivity contribution in [2.75, 3.05) is 0 Å². The molecule has 2 rings (SSSR count). The van der Waals surface area contributed by atoms with Crippen LogP contribution in [-0.4, -0.2) is 9.78 Å². The SMILES string of the molecule is CC(C)c1nn(C)cc1CNC(C)c1ccc(Cl)s1. The van der Waals surface area contributed by atoms with Crippen LogP contribution in [0.3, 0.4) is 0 Å². The Bertz CT molecular complexity index is 545. The van der Waals surface area contributed by atoms with Gasteiger partial charge in [0.05, 0.1) is 10.0 Å². The van der Waals surface area contributed by atoms with E-state index in [2.05, 4.69) is 43.4 Å². The van der Waals surface area contributed by atoms with Crippen LogP contribution >= 0.6 is 22.9 Å². The molecule has 0 fully saturated rings. The molecule has 2 aromatic rings. The second-order valence-electron chi connectivity index (χ2n) is 5.11. The summed E-state index contributed by atoms with van der Waals surface area (Å²) in [4.78, 5) is 1.26. The first-order valence-electron chi connectivity index (χ1n) is 6.48. The number of halogens is 1. The molecule has 0 aliphatic rings. The van der Waals surface area contributed by atoms with Crippen LogP contribution in [0.5, 0.6) is 0 Å². The number of hydrogen-bond donors (Lipinski definition) is 1. The summed E-state index contributed by atoms with van der Waals surface area (Å²) < 4.78 is 2.73. The number of nitrogens with zero attached hydrogens (tertiary/aromatic N) is 2. The third-order valence-corrected chi connectivity index (χ3v) is 4.52. The van der Waals surface area contributed by atoms with Crippen LogP contribution in [0.25, 0.3) is 0 Å². The van der Waals surface area contributed by atoms with E-state index in [1.807, 2.05) is 17.8 Å². The Morgan fingerprint density at radius 1 is 1.37 bits per heavy atom. The number of aromatic nitrogens is 2. The van der Waals surface area contributed by atoms with Crippen LogP contribution in [0.15, 0.2) is 18.3 Å². The molecule has 2 aromatic heterocycles. The van der Waals surface area contributed by atoms with Crippen LogP contribution in [0.1, 0.15) is 48.9 Å². The van der Waals surface area contributed by atoms with Gasteiger partial charge < -0.3 is 5.32 Å². The summed E-state index contributed by atoms with van der Waals surface area (Å²) in [5.74, 6) is 0.449. The molecule has 104 valence electrons.